The van der Waals surface area contributed by atoms with Crippen molar-refractivity contribution in [3.63, 3.8) is 0 Å². The first kappa shape index (κ1) is 20.6. The van der Waals surface area contributed by atoms with E-state index in [-0.39, 0.29) is 5.91 Å². The van der Waals surface area contributed by atoms with Gasteiger partial charge in [0.1, 0.15) is 6.04 Å². The highest BCUT2D eigenvalue weighted by molar-refractivity contribution is 7.88. The van der Waals surface area contributed by atoms with Crippen LogP contribution in [0.15, 0.2) is 0 Å². The van der Waals surface area contributed by atoms with Gasteiger partial charge in [-0.3, -0.25) is 4.79 Å². The maximum absolute atomic E-state index is 12.5. The van der Waals surface area contributed by atoms with Gasteiger partial charge >= 0.3 is 0 Å². The summed E-state index contributed by atoms with van der Waals surface area (Å²) < 4.78 is 25.1. The lowest BCUT2D eigenvalue weighted by Gasteiger charge is -2.35. The minimum atomic E-state index is -3.33. The number of rotatable bonds is 7. The van der Waals surface area contributed by atoms with Crippen LogP contribution in [-0.2, 0) is 14.8 Å². The molecule has 25 heavy (non-hydrogen) atoms. The topological polar surface area (TPSA) is 73.0 Å². The first-order chi connectivity index (χ1) is 11.8. The maximum Gasteiger partial charge on any atom is 0.238 e. The van der Waals surface area contributed by atoms with Crippen molar-refractivity contribution < 1.29 is 13.2 Å². The summed E-state index contributed by atoms with van der Waals surface area (Å²) in [6.45, 7) is 11.8. The van der Waals surface area contributed by atoms with Gasteiger partial charge in [-0.25, -0.2) is 8.42 Å². The molecule has 2 rings (SSSR count). The number of nitrogens with one attached hydrogen (secondary N) is 1. The van der Waals surface area contributed by atoms with E-state index in [1.807, 2.05) is 0 Å². The largest absolute Gasteiger partial charge is 0.354 e. The van der Waals surface area contributed by atoms with E-state index in [1.165, 1.54) is 10.6 Å². The van der Waals surface area contributed by atoms with Crippen molar-refractivity contribution >= 4 is 15.9 Å². The molecule has 7 nitrogen and oxygen atoms in total. The normalized spacial score (nSPS) is 25.6. The van der Waals surface area contributed by atoms with Crippen molar-refractivity contribution in [2.24, 2.45) is 5.92 Å². The quantitative estimate of drug-likeness (QED) is 0.689. The molecule has 2 heterocycles. The van der Waals surface area contributed by atoms with Crippen molar-refractivity contribution in [2.75, 3.05) is 58.6 Å². The Morgan fingerprint density at radius 3 is 2.36 bits per heavy atom. The fourth-order valence-corrected chi connectivity index (χ4v) is 4.87. The number of amides is 1. The summed E-state index contributed by atoms with van der Waals surface area (Å²) in [4.78, 5) is 17.4. The van der Waals surface area contributed by atoms with Crippen LogP contribution in [-0.4, -0.2) is 93.1 Å². The number of hydrogen-bond acceptors (Lipinski definition) is 5. The van der Waals surface area contributed by atoms with Crippen molar-refractivity contribution in [3.05, 3.63) is 0 Å². The number of sulfonamides is 1. The molecule has 0 aromatic rings. The van der Waals surface area contributed by atoms with Crippen LogP contribution in [0.2, 0.25) is 0 Å². The average Bonchev–Trinajstić information content (AvgIpc) is 2.59. The Balaban J connectivity index is 1.76. The van der Waals surface area contributed by atoms with Crippen molar-refractivity contribution in [1.29, 1.82) is 0 Å². The van der Waals surface area contributed by atoms with Gasteiger partial charge in [0.25, 0.3) is 0 Å². The molecule has 2 aliphatic rings. The van der Waals surface area contributed by atoms with Gasteiger partial charge < -0.3 is 15.1 Å². The molecule has 2 fully saturated rings. The molecule has 0 aliphatic carbocycles. The van der Waals surface area contributed by atoms with Crippen LogP contribution in [0.3, 0.4) is 0 Å². The molecule has 146 valence electrons. The summed E-state index contributed by atoms with van der Waals surface area (Å²) in [6, 6.07) is -0.538. The van der Waals surface area contributed by atoms with Gasteiger partial charge in [0.15, 0.2) is 0 Å². The average molecular weight is 375 g/mol. The molecule has 0 radical (unpaired) electrons. The summed E-state index contributed by atoms with van der Waals surface area (Å²) in [7, 11) is -3.33. The van der Waals surface area contributed by atoms with Crippen LogP contribution in [0, 0.1) is 5.92 Å². The second kappa shape index (κ2) is 9.30. The minimum Gasteiger partial charge on any atom is -0.354 e. The highest BCUT2D eigenvalue weighted by atomic mass is 32.2. The van der Waals surface area contributed by atoms with Gasteiger partial charge in [-0.15, -0.1) is 0 Å². The Morgan fingerprint density at radius 2 is 1.76 bits per heavy atom. The lowest BCUT2D eigenvalue weighted by atomic mass is 10.0. The third kappa shape index (κ3) is 6.20. The molecule has 2 atom stereocenters. The molecular formula is C17H34N4O3S. The van der Waals surface area contributed by atoms with Gasteiger partial charge in [-0.1, -0.05) is 20.3 Å². The molecule has 2 aliphatic heterocycles. The zero-order valence-corrected chi connectivity index (χ0v) is 16.7. The predicted octanol–water partition coefficient (Wildman–Crippen LogP) is 0.190. The van der Waals surface area contributed by atoms with Crippen LogP contribution in [0.4, 0.5) is 0 Å². The van der Waals surface area contributed by atoms with Crippen LogP contribution in [0.1, 0.15) is 33.1 Å². The van der Waals surface area contributed by atoms with E-state index in [0.29, 0.717) is 25.4 Å². The second-order valence-electron chi connectivity index (χ2n) is 7.47. The smallest absolute Gasteiger partial charge is 0.238 e. The Labute approximate surface area is 152 Å². The van der Waals surface area contributed by atoms with Gasteiger partial charge in [-0.2, -0.15) is 4.31 Å². The molecule has 1 amide bonds. The summed E-state index contributed by atoms with van der Waals surface area (Å²) in [5.41, 5.74) is 0. The van der Waals surface area contributed by atoms with Crippen LogP contribution >= 0.6 is 0 Å². The zero-order valence-electron chi connectivity index (χ0n) is 15.9. The highest BCUT2D eigenvalue weighted by Gasteiger charge is 2.34. The van der Waals surface area contributed by atoms with E-state index >= 15 is 0 Å². The Hall–Kier alpha value is -0.700. The maximum atomic E-state index is 12.5. The fraction of sp³-hybridized carbons (Fsp3) is 0.941. The molecule has 0 aromatic carbocycles. The SMILES string of the molecule is CCN1CCN(CC(C)CNC(=O)C2CCCCN2S(C)(=O)=O)CC1. The monoisotopic (exact) mass is 374 g/mol. The van der Waals surface area contributed by atoms with Crippen molar-refractivity contribution in [3.8, 4) is 0 Å². The third-order valence-corrected chi connectivity index (χ3v) is 6.58. The Bertz CT molecular complexity index is 532. The second-order valence-corrected chi connectivity index (χ2v) is 9.41. The van der Waals surface area contributed by atoms with E-state index in [2.05, 4.69) is 29.0 Å². The van der Waals surface area contributed by atoms with Gasteiger partial charge in [0.2, 0.25) is 15.9 Å². The standard InChI is InChI=1S/C17H34N4O3S/c1-4-19-9-11-20(12-10-19)14-15(2)13-18-17(22)16-7-5-6-8-21(16)25(3,23)24/h15-16H,4-14H2,1-3H3,(H,18,22). The van der Waals surface area contributed by atoms with E-state index < -0.39 is 16.1 Å². The van der Waals surface area contributed by atoms with Crippen molar-refractivity contribution in [1.82, 2.24) is 19.4 Å². The summed E-state index contributed by atoms with van der Waals surface area (Å²) >= 11 is 0. The van der Waals surface area contributed by atoms with Crippen LogP contribution < -0.4 is 5.32 Å². The summed E-state index contributed by atoms with van der Waals surface area (Å²) in [6.07, 6.45) is 3.54. The van der Waals surface area contributed by atoms with Gasteiger partial charge in [-0.05, 0) is 25.3 Å². The zero-order chi connectivity index (χ0) is 18.4. The molecule has 1 N–H and O–H groups in total. The van der Waals surface area contributed by atoms with Crippen LogP contribution in [0.5, 0.6) is 0 Å². The fourth-order valence-electron chi connectivity index (χ4n) is 3.75. The first-order valence-corrected chi connectivity index (χ1v) is 11.3. The molecule has 8 heteroatoms. The number of carbonyl (C=O) groups is 1. The molecule has 0 aromatic heterocycles. The Kier molecular flexibility index (Phi) is 7.67. The number of nitrogens with zero attached hydrogens (tertiary/aromatic N) is 3. The number of piperazine rings is 1. The lowest BCUT2D eigenvalue weighted by Crippen LogP contribution is -2.52. The number of likely N-dealkylation sites (N-methyl/N-ethyl adjacent to an activating group) is 1. The van der Waals surface area contributed by atoms with E-state index in [1.54, 1.807) is 0 Å². The van der Waals surface area contributed by atoms with E-state index in [4.69, 9.17) is 0 Å². The highest BCUT2D eigenvalue weighted by Crippen LogP contribution is 2.20. The molecule has 0 bridgehead atoms. The molecule has 2 saturated heterocycles. The van der Waals surface area contributed by atoms with Crippen LogP contribution in [0.25, 0.3) is 0 Å². The van der Waals surface area contributed by atoms with Gasteiger partial charge in [0, 0.05) is 45.8 Å². The molecule has 2 unspecified atom stereocenters. The minimum absolute atomic E-state index is 0.146. The molecule has 0 spiro atoms. The third-order valence-electron chi connectivity index (χ3n) is 5.29. The van der Waals surface area contributed by atoms with E-state index in [0.717, 1.165) is 52.1 Å². The summed E-state index contributed by atoms with van der Waals surface area (Å²) in [5, 5.41) is 2.98. The number of piperidine rings is 1. The molecular weight excluding hydrogens is 340 g/mol. The predicted molar refractivity (Wildman–Crippen MR) is 99.9 cm³/mol. The molecule has 0 saturated carbocycles. The lowest BCUT2D eigenvalue weighted by molar-refractivity contribution is -0.125. The Morgan fingerprint density at radius 1 is 1.12 bits per heavy atom. The van der Waals surface area contributed by atoms with Gasteiger partial charge in [0.05, 0.1) is 6.26 Å². The summed E-state index contributed by atoms with van der Waals surface area (Å²) in [5.74, 6) is 0.208. The first-order valence-electron chi connectivity index (χ1n) is 9.50. The number of hydrogen-bond donors (Lipinski definition) is 1. The number of carbonyl (C=O) groups excluding carboxylic acids is 1. The van der Waals surface area contributed by atoms with E-state index in [9.17, 15) is 13.2 Å². The van der Waals surface area contributed by atoms with Crippen molar-refractivity contribution in [2.45, 2.75) is 39.2 Å².